The molecule has 1 rings (SSSR count). The van der Waals surface area contributed by atoms with E-state index in [1.807, 2.05) is 0 Å². The van der Waals surface area contributed by atoms with Gasteiger partial charge in [-0.1, -0.05) is 0 Å². The molecule has 0 unspecified atom stereocenters. The van der Waals surface area contributed by atoms with Crippen LogP contribution >= 0.6 is 11.3 Å². The molecule has 0 aliphatic rings. The summed E-state index contributed by atoms with van der Waals surface area (Å²) in [7, 11) is 0. The van der Waals surface area contributed by atoms with Gasteiger partial charge in [0, 0.05) is 11.5 Å². The third-order valence-corrected chi connectivity index (χ3v) is 1.92. The molecule has 0 amide bonds. The molecule has 6 heteroatoms. The molecule has 2 nitrogen and oxygen atoms in total. The maximum Gasteiger partial charge on any atom is 0.434 e. The molecular weight excluding hydrogens is 201 g/mol. The van der Waals surface area contributed by atoms with Crippen molar-refractivity contribution >= 4 is 17.4 Å². The summed E-state index contributed by atoms with van der Waals surface area (Å²) in [6.07, 6.45) is -2.09. The molecule has 0 radical (unpaired) electrons. The van der Waals surface area contributed by atoms with E-state index < -0.39 is 11.9 Å². The standard InChI is InChI=1S/C7H3F3N2S/c8-7(9,10)5-4-13-6(12-5)2-1-3-11/h1-2,4H. The molecule has 1 heterocycles. The largest absolute Gasteiger partial charge is 0.434 e. The van der Waals surface area contributed by atoms with Crippen molar-refractivity contribution in [3.05, 3.63) is 22.2 Å². The number of nitriles is 1. The van der Waals surface area contributed by atoms with Crippen LogP contribution in [0.4, 0.5) is 13.2 Å². The molecule has 1 aromatic heterocycles. The lowest BCUT2D eigenvalue weighted by Crippen LogP contribution is -2.04. The molecule has 0 fully saturated rings. The Balaban J connectivity index is 2.89. The Kier molecular flexibility index (Phi) is 2.68. The van der Waals surface area contributed by atoms with Crippen LogP contribution < -0.4 is 0 Å². The molecule has 0 saturated carbocycles. The zero-order chi connectivity index (χ0) is 9.90. The fraction of sp³-hybridized carbons (Fsp3) is 0.143. The van der Waals surface area contributed by atoms with Crippen LogP contribution in [0.15, 0.2) is 11.5 Å². The van der Waals surface area contributed by atoms with E-state index in [0.717, 1.165) is 22.8 Å². The monoisotopic (exact) mass is 204 g/mol. The Morgan fingerprint density at radius 3 is 2.69 bits per heavy atom. The van der Waals surface area contributed by atoms with Crippen LogP contribution in [0.1, 0.15) is 10.7 Å². The highest BCUT2D eigenvalue weighted by Crippen LogP contribution is 2.30. The van der Waals surface area contributed by atoms with Gasteiger partial charge in [0.25, 0.3) is 0 Å². The smallest absolute Gasteiger partial charge is 0.232 e. The highest BCUT2D eigenvalue weighted by atomic mass is 32.1. The summed E-state index contributed by atoms with van der Waals surface area (Å²) in [5.74, 6) is 0. The van der Waals surface area contributed by atoms with Gasteiger partial charge in [-0.3, -0.25) is 0 Å². The minimum atomic E-state index is -4.41. The number of hydrogen-bond acceptors (Lipinski definition) is 3. The number of allylic oxidation sites excluding steroid dienone is 1. The van der Waals surface area contributed by atoms with Gasteiger partial charge in [-0.05, 0) is 6.08 Å². The van der Waals surface area contributed by atoms with Crippen molar-refractivity contribution in [3.8, 4) is 6.07 Å². The van der Waals surface area contributed by atoms with Gasteiger partial charge in [0.2, 0.25) is 0 Å². The minimum Gasteiger partial charge on any atom is -0.232 e. The number of alkyl halides is 3. The summed E-state index contributed by atoms with van der Waals surface area (Å²) in [4.78, 5) is 3.27. The topological polar surface area (TPSA) is 36.7 Å². The van der Waals surface area contributed by atoms with Crippen LogP contribution in [0.25, 0.3) is 6.08 Å². The van der Waals surface area contributed by atoms with Gasteiger partial charge < -0.3 is 0 Å². The van der Waals surface area contributed by atoms with Crippen LogP contribution in [0.3, 0.4) is 0 Å². The molecule has 68 valence electrons. The summed E-state index contributed by atoms with van der Waals surface area (Å²) in [6.45, 7) is 0. The van der Waals surface area contributed by atoms with Gasteiger partial charge in [0.15, 0.2) is 5.69 Å². The van der Waals surface area contributed by atoms with E-state index in [4.69, 9.17) is 5.26 Å². The molecule has 0 aliphatic heterocycles. The van der Waals surface area contributed by atoms with E-state index in [2.05, 4.69) is 4.98 Å². The molecule has 0 bridgehead atoms. The van der Waals surface area contributed by atoms with Crippen LogP contribution in [0.5, 0.6) is 0 Å². The highest BCUT2D eigenvalue weighted by Gasteiger charge is 2.33. The number of hydrogen-bond donors (Lipinski definition) is 0. The Hall–Kier alpha value is -1.35. The van der Waals surface area contributed by atoms with Crippen LogP contribution in [0.2, 0.25) is 0 Å². The maximum absolute atomic E-state index is 12.0. The van der Waals surface area contributed by atoms with E-state index in [9.17, 15) is 13.2 Å². The zero-order valence-corrected chi connectivity index (χ0v) is 6.99. The van der Waals surface area contributed by atoms with E-state index in [-0.39, 0.29) is 5.01 Å². The first kappa shape index (κ1) is 9.74. The molecule has 0 spiro atoms. The van der Waals surface area contributed by atoms with Crippen molar-refractivity contribution in [1.29, 1.82) is 5.26 Å². The Morgan fingerprint density at radius 1 is 1.54 bits per heavy atom. The highest BCUT2D eigenvalue weighted by molar-refractivity contribution is 7.10. The Morgan fingerprint density at radius 2 is 2.23 bits per heavy atom. The van der Waals surface area contributed by atoms with Crippen LogP contribution in [-0.2, 0) is 6.18 Å². The van der Waals surface area contributed by atoms with Crippen LogP contribution in [0, 0.1) is 11.3 Å². The van der Waals surface area contributed by atoms with Gasteiger partial charge >= 0.3 is 6.18 Å². The number of halogens is 3. The maximum atomic E-state index is 12.0. The molecule has 0 saturated heterocycles. The third-order valence-electron chi connectivity index (χ3n) is 1.11. The Labute approximate surface area is 76.0 Å². The van der Waals surface area contributed by atoms with Gasteiger partial charge in [-0.25, -0.2) is 4.98 Å². The Bertz CT molecular complexity index is 359. The summed E-state index contributed by atoms with van der Waals surface area (Å²) >= 11 is 0.847. The second-order valence-corrected chi connectivity index (χ2v) is 2.92. The lowest BCUT2D eigenvalue weighted by Gasteiger charge is -1.98. The predicted octanol–water partition coefficient (Wildman–Crippen LogP) is 2.70. The van der Waals surface area contributed by atoms with Gasteiger partial charge in [0.1, 0.15) is 5.01 Å². The molecule has 0 aliphatic carbocycles. The fourth-order valence-electron chi connectivity index (χ4n) is 0.603. The number of thiazole rings is 1. The summed E-state index contributed by atoms with van der Waals surface area (Å²) in [6, 6.07) is 1.67. The predicted molar refractivity (Wildman–Crippen MR) is 41.8 cm³/mol. The van der Waals surface area contributed by atoms with Gasteiger partial charge in [-0.15, -0.1) is 11.3 Å². The number of nitrogens with zero attached hydrogens (tertiary/aromatic N) is 2. The zero-order valence-electron chi connectivity index (χ0n) is 6.17. The normalized spacial score (nSPS) is 11.8. The first-order valence-electron chi connectivity index (χ1n) is 3.13. The van der Waals surface area contributed by atoms with Gasteiger partial charge in [-0.2, -0.15) is 18.4 Å². The van der Waals surface area contributed by atoms with Gasteiger partial charge in [0.05, 0.1) is 6.07 Å². The van der Waals surface area contributed by atoms with E-state index >= 15 is 0 Å². The SMILES string of the molecule is N#CC=Cc1nc(C(F)(F)F)cs1. The van der Waals surface area contributed by atoms with Crippen LogP contribution in [-0.4, -0.2) is 4.98 Å². The molecule has 1 aromatic rings. The average molecular weight is 204 g/mol. The number of aromatic nitrogens is 1. The van der Waals surface area contributed by atoms with Crippen molar-refractivity contribution in [2.45, 2.75) is 6.18 Å². The molecule has 0 aromatic carbocycles. The second-order valence-electron chi connectivity index (χ2n) is 2.03. The first-order chi connectivity index (χ1) is 6.04. The molecular formula is C7H3F3N2S. The second kappa shape index (κ2) is 3.58. The summed E-state index contributed by atoms with van der Waals surface area (Å²) in [5, 5.41) is 9.20. The van der Waals surface area contributed by atoms with E-state index in [1.54, 1.807) is 6.07 Å². The quantitative estimate of drug-likeness (QED) is 0.659. The summed E-state index contributed by atoms with van der Waals surface area (Å²) < 4.78 is 35.9. The molecule has 0 atom stereocenters. The first-order valence-corrected chi connectivity index (χ1v) is 4.01. The average Bonchev–Trinajstić information content (AvgIpc) is 2.47. The lowest BCUT2D eigenvalue weighted by molar-refractivity contribution is -0.140. The molecule has 0 N–H and O–H groups in total. The summed E-state index contributed by atoms with van der Waals surface area (Å²) in [5.41, 5.74) is -0.921. The van der Waals surface area contributed by atoms with E-state index in [0.29, 0.717) is 0 Å². The van der Waals surface area contributed by atoms with Crippen molar-refractivity contribution in [2.24, 2.45) is 0 Å². The lowest BCUT2D eigenvalue weighted by atomic mass is 10.5. The van der Waals surface area contributed by atoms with Crippen molar-refractivity contribution < 1.29 is 13.2 Å². The molecule has 13 heavy (non-hydrogen) atoms. The van der Waals surface area contributed by atoms with Crippen molar-refractivity contribution in [1.82, 2.24) is 4.98 Å². The third kappa shape index (κ3) is 2.56. The van der Waals surface area contributed by atoms with Crippen molar-refractivity contribution in [2.75, 3.05) is 0 Å². The van der Waals surface area contributed by atoms with Crippen molar-refractivity contribution in [3.63, 3.8) is 0 Å². The van der Waals surface area contributed by atoms with E-state index in [1.165, 1.54) is 6.08 Å². The number of rotatable bonds is 1. The minimum absolute atomic E-state index is 0.175. The fourth-order valence-corrected chi connectivity index (χ4v) is 1.32.